The SMILES string of the molecule is O=C(OCc1ccccc1)N1CCC(F)(F)C(c2cc(CO)c(=O)n(C(F)C(F)F)c2)C1. The second-order valence-electron chi connectivity index (χ2n) is 7.43. The number of carbonyl (C=O) groups excluding carboxylic acids is 1. The molecule has 1 aromatic heterocycles. The number of alkyl halides is 5. The molecule has 0 bridgehead atoms. The zero-order chi connectivity index (χ0) is 23.5. The Labute approximate surface area is 179 Å². The van der Waals surface area contributed by atoms with Crippen LogP contribution in [0.4, 0.5) is 26.7 Å². The van der Waals surface area contributed by atoms with Gasteiger partial charge in [-0.05, 0) is 17.2 Å². The van der Waals surface area contributed by atoms with E-state index < -0.39 is 61.3 Å². The highest BCUT2D eigenvalue weighted by Gasteiger charge is 2.47. The van der Waals surface area contributed by atoms with E-state index in [9.17, 15) is 36.6 Å². The van der Waals surface area contributed by atoms with Crippen molar-refractivity contribution in [1.82, 2.24) is 9.47 Å². The highest BCUT2D eigenvalue weighted by atomic mass is 19.3. The summed E-state index contributed by atoms with van der Waals surface area (Å²) in [6.45, 7) is -1.89. The van der Waals surface area contributed by atoms with Crippen molar-refractivity contribution in [3.63, 3.8) is 0 Å². The number of nitrogens with zero attached hydrogens (tertiary/aromatic N) is 2. The van der Waals surface area contributed by atoms with Crippen LogP contribution in [0.5, 0.6) is 0 Å². The normalized spacial score (nSPS) is 19.1. The molecule has 11 heteroatoms. The van der Waals surface area contributed by atoms with Crippen molar-refractivity contribution in [2.45, 2.75) is 44.2 Å². The van der Waals surface area contributed by atoms with Crippen molar-refractivity contribution >= 4 is 6.09 Å². The first-order valence-corrected chi connectivity index (χ1v) is 9.75. The van der Waals surface area contributed by atoms with Crippen LogP contribution in [0.3, 0.4) is 0 Å². The average Bonchev–Trinajstić information content (AvgIpc) is 2.77. The van der Waals surface area contributed by atoms with Gasteiger partial charge in [-0.2, -0.15) is 0 Å². The minimum Gasteiger partial charge on any atom is -0.445 e. The summed E-state index contributed by atoms with van der Waals surface area (Å²) in [6.07, 6.45) is -7.65. The van der Waals surface area contributed by atoms with Crippen LogP contribution in [-0.2, 0) is 18.0 Å². The van der Waals surface area contributed by atoms with E-state index in [2.05, 4.69) is 0 Å². The highest BCUT2D eigenvalue weighted by molar-refractivity contribution is 5.68. The number of rotatable bonds is 6. The summed E-state index contributed by atoms with van der Waals surface area (Å²) in [5, 5.41) is 9.34. The predicted octanol–water partition coefficient (Wildman–Crippen LogP) is 3.84. The molecule has 0 saturated carbocycles. The number of hydrogen-bond acceptors (Lipinski definition) is 4. The molecule has 1 fully saturated rings. The summed E-state index contributed by atoms with van der Waals surface area (Å²) in [5.41, 5.74) is -1.41. The molecular weight excluding hydrogens is 439 g/mol. The minimum atomic E-state index is -3.58. The number of benzene rings is 1. The van der Waals surface area contributed by atoms with Crippen LogP contribution in [0, 0.1) is 0 Å². The van der Waals surface area contributed by atoms with E-state index in [0.717, 1.165) is 11.0 Å². The molecule has 1 amide bonds. The Bertz CT molecular complexity index is 999. The molecule has 2 unspecified atom stereocenters. The van der Waals surface area contributed by atoms with Crippen molar-refractivity contribution in [3.05, 3.63) is 69.6 Å². The third kappa shape index (κ3) is 5.09. The molecule has 0 radical (unpaired) electrons. The molecule has 1 aliphatic heterocycles. The molecule has 174 valence electrons. The first-order chi connectivity index (χ1) is 15.1. The summed E-state index contributed by atoms with van der Waals surface area (Å²) >= 11 is 0. The lowest BCUT2D eigenvalue weighted by atomic mass is 9.87. The Balaban J connectivity index is 1.85. The quantitative estimate of drug-likeness (QED) is 0.666. The maximum absolute atomic E-state index is 14.7. The van der Waals surface area contributed by atoms with E-state index in [1.165, 1.54) is 0 Å². The molecule has 2 atom stereocenters. The van der Waals surface area contributed by atoms with E-state index in [1.54, 1.807) is 30.3 Å². The Morgan fingerprint density at radius 3 is 2.53 bits per heavy atom. The van der Waals surface area contributed by atoms with Crippen molar-refractivity contribution in [2.24, 2.45) is 0 Å². The lowest BCUT2D eigenvalue weighted by Crippen LogP contribution is -2.48. The number of carbonyl (C=O) groups is 1. The molecule has 32 heavy (non-hydrogen) atoms. The number of aliphatic hydroxyl groups is 1. The fraction of sp³-hybridized carbons (Fsp3) is 0.429. The molecule has 6 nitrogen and oxygen atoms in total. The van der Waals surface area contributed by atoms with E-state index in [4.69, 9.17) is 4.74 Å². The third-order valence-corrected chi connectivity index (χ3v) is 5.28. The van der Waals surface area contributed by atoms with Crippen molar-refractivity contribution in [3.8, 4) is 0 Å². The molecule has 1 aliphatic rings. The van der Waals surface area contributed by atoms with Gasteiger partial charge >= 0.3 is 6.09 Å². The molecular formula is C21H21F5N2O4. The molecule has 2 heterocycles. The zero-order valence-corrected chi connectivity index (χ0v) is 16.8. The zero-order valence-electron chi connectivity index (χ0n) is 16.8. The Morgan fingerprint density at radius 1 is 1.22 bits per heavy atom. The van der Waals surface area contributed by atoms with Crippen LogP contribution in [0.1, 0.15) is 35.3 Å². The summed E-state index contributed by atoms with van der Waals surface area (Å²) in [6, 6.07) is 9.62. The number of piperidine rings is 1. The van der Waals surface area contributed by atoms with Crippen molar-refractivity contribution < 1.29 is 36.6 Å². The van der Waals surface area contributed by atoms with Crippen LogP contribution >= 0.6 is 0 Å². The van der Waals surface area contributed by atoms with Crippen LogP contribution in [0.15, 0.2) is 47.4 Å². The van der Waals surface area contributed by atoms with Crippen LogP contribution in [0.25, 0.3) is 0 Å². The maximum Gasteiger partial charge on any atom is 0.410 e. The number of likely N-dealkylation sites (tertiary alicyclic amines) is 1. The number of amides is 1. The van der Waals surface area contributed by atoms with E-state index in [0.29, 0.717) is 11.8 Å². The molecule has 3 rings (SSSR count). The smallest absolute Gasteiger partial charge is 0.410 e. The first kappa shape index (κ1) is 23.7. The number of ether oxygens (including phenoxy) is 1. The van der Waals surface area contributed by atoms with Gasteiger partial charge in [0, 0.05) is 31.3 Å². The lowest BCUT2D eigenvalue weighted by molar-refractivity contribution is -0.0732. The Morgan fingerprint density at radius 2 is 1.91 bits per heavy atom. The number of hydrogen-bond donors (Lipinski definition) is 1. The molecule has 0 aliphatic carbocycles. The molecule has 1 N–H and O–H groups in total. The maximum atomic E-state index is 14.7. The van der Waals surface area contributed by atoms with Gasteiger partial charge in [0.15, 0.2) is 0 Å². The first-order valence-electron chi connectivity index (χ1n) is 9.75. The number of aliphatic hydroxyl groups excluding tert-OH is 1. The summed E-state index contributed by atoms with van der Waals surface area (Å²) in [4.78, 5) is 25.5. The third-order valence-electron chi connectivity index (χ3n) is 5.28. The van der Waals surface area contributed by atoms with Crippen LogP contribution in [0.2, 0.25) is 0 Å². The van der Waals surface area contributed by atoms with Gasteiger partial charge in [0.2, 0.25) is 6.30 Å². The Kier molecular flexibility index (Phi) is 7.17. The summed E-state index contributed by atoms with van der Waals surface area (Å²) < 4.78 is 74.1. The minimum absolute atomic E-state index is 0.00565. The Hall–Kier alpha value is -2.95. The number of aromatic nitrogens is 1. The van der Waals surface area contributed by atoms with E-state index in [1.807, 2.05) is 0 Å². The molecule has 0 spiro atoms. The standard InChI is InChI=1S/C21H21F5N2O4/c22-17(23)18(24)28-9-14(8-15(11-29)19(28)30)16-10-27(7-6-21(16,25)26)20(31)32-12-13-4-2-1-3-5-13/h1-5,8-9,16-18,29H,6-7,10-12H2. The highest BCUT2D eigenvalue weighted by Crippen LogP contribution is 2.40. The predicted molar refractivity (Wildman–Crippen MR) is 103 cm³/mol. The molecule has 1 aromatic carbocycles. The van der Waals surface area contributed by atoms with Gasteiger partial charge in [-0.25, -0.2) is 26.7 Å². The largest absolute Gasteiger partial charge is 0.445 e. The monoisotopic (exact) mass is 460 g/mol. The van der Waals surface area contributed by atoms with Gasteiger partial charge in [0.1, 0.15) is 6.61 Å². The summed E-state index contributed by atoms with van der Waals surface area (Å²) in [7, 11) is 0. The van der Waals surface area contributed by atoms with Gasteiger partial charge < -0.3 is 14.7 Å². The number of halogens is 5. The van der Waals surface area contributed by atoms with E-state index in [-0.39, 0.29) is 23.3 Å². The van der Waals surface area contributed by atoms with Gasteiger partial charge in [-0.3, -0.25) is 9.36 Å². The van der Waals surface area contributed by atoms with Crippen LogP contribution < -0.4 is 5.56 Å². The number of pyridine rings is 1. The van der Waals surface area contributed by atoms with E-state index >= 15 is 0 Å². The second-order valence-corrected chi connectivity index (χ2v) is 7.43. The van der Waals surface area contributed by atoms with Gasteiger partial charge in [-0.1, -0.05) is 30.3 Å². The molecule has 1 saturated heterocycles. The lowest BCUT2D eigenvalue weighted by Gasteiger charge is -2.38. The topological polar surface area (TPSA) is 71.8 Å². The summed E-state index contributed by atoms with van der Waals surface area (Å²) in [5.74, 6) is -5.09. The van der Waals surface area contributed by atoms with Gasteiger partial charge in [0.05, 0.1) is 12.5 Å². The average molecular weight is 460 g/mol. The van der Waals surface area contributed by atoms with Crippen LogP contribution in [-0.4, -0.2) is 46.1 Å². The second kappa shape index (κ2) is 9.68. The molecule has 2 aromatic rings. The van der Waals surface area contributed by atoms with Gasteiger partial charge in [-0.15, -0.1) is 0 Å². The van der Waals surface area contributed by atoms with Crippen molar-refractivity contribution in [2.75, 3.05) is 13.1 Å². The fourth-order valence-corrected chi connectivity index (χ4v) is 3.52. The fourth-order valence-electron chi connectivity index (χ4n) is 3.52. The van der Waals surface area contributed by atoms with Crippen molar-refractivity contribution in [1.29, 1.82) is 0 Å². The van der Waals surface area contributed by atoms with Gasteiger partial charge in [0.25, 0.3) is 17.9 Å².